The number of furan rings is 1. The van der Waals surface area contributed by atoms with Gasteiger partial charge in [0.25, 0.3) is 0 Å². The van der Waals surface area contributed by atoms with Gasteiger partial charge in [-0.25, -0.2) is 0 Å². The minimum absolute atomic E-state index is 0.892. The highest BCUT2D eigenvalue weighted by Crippen LogP contribution is 2.42. The number of hydrogen-bond donors (Lipinski definition) is 0. The molecule has 2 aromatic heterocycles. The number of nitrogens with zero attached hydrogens (tertiary/aromatic N) is 1. The standard InChI is InChI=1S/C46H29NOS/c1-2-10-30(11-3-1)37-12-4-5-13-38(37)31-18-21-34(22-19-31)47(36-24-25-44-41(29-36)39-14-6-8-16-43(39)48-44)35-23-20-32-28-46-42(27-33(32)26-35)40-15-7-9-17-45(40)49-46/h1-29H. The Hall–Kier alpha value is -6.16. The number of benzene rings is 8. The molecule has 2 heterocycles. The van der Waals surface area contributed by atoms with Crippen molar-refractivity contribution < 1.29 is 4.42 Å². The maximum atomic E-state index is 6.22. The van der Waals surface area contributed by atoms with E-state index in [1.807, 2.05) is 23.5 Å². The molecule has 0 spiro atoms. The van der Waals surface area contributed by atoms with E-state index in [4.69, 9.17) is 4.42 Å². The van der Waals surface area contributed by atoms with Crippen molar-refractivity contribution in [3.8, 4) is 22.3 Å². The predicted octanol–water partition coefficient (Wildman–Crippen LogP) is 13.9. The van der Waals surface area contributed by atoms with Crippen LogP contribution in [0.1, 0.15) is 0 Å². The molecule has 0 atom stereocenters. The van der Waals surface area contributed by atoms with Crippen LogP contribution in [0.3, 0.4) is 0 Å². The molecule has 0 saturated carbocycles. The molecule has 0 unspecified atom stereocenters. The fourth-order valence-electron chi connectivity index (χ4n) is 7.29. The summed E-state index contributed by atoms with van der Waals surface area (Å²) in [7, 11) is 0. The lowest BCUT2D eigenvalue weighted by Gasteiger charge is -2.26. The second-order valence-corrected chi connectivity index (χ2v) is 13.6. The Bertz CT molecular complexity index is 2830. The van der Waals surface area contributed by atoms with E-state index in [0.717, 1.165) is 39.0 Å². The SMILES string of the molecule is c1ccc(-c2ccccc2-c2ccc(N(c3ccc4cc5sc6ccccc6c5cc4c3)c3ccc4oc5ccccc5c4c3)cc2)cc1. The number of thiophene rings is 1. The number of rotatable bonds is 5. The molecule has 10 aromatic rings. The summed E-state index contributed by atoms with van der Waals surface area (Å²) in [5.74, 6) is 0. The summed E-state index contributed by atoms with van der Waals surface area (Å²) in [5, 5.41) is 7.32. The molecule has 49 heavy (non-hydrogen) atoms. The lowest BCUT2D eigenvalue weighted by Crippen LogP contribution is -2.09. The van der Waals surface area contributed by atoms with Gasteiger partial charge in [0, 0.05) is 48.0 Å². The van der Waals surface area contributed by atoms with Gasteiger partial charge in [-0.15, -0.1) is 11.3 Å². The molecule has 0 N–H and O–H groups in total. The van der Waals surface area contributed by atoms with Gasteiger partial charge in [-0.3, -0.25) is 0 Å². The molecule has 0 aliphatic rings. The van der Waals surface area contributed by atoms with Gasteiger partial charge in [0.1, 0.15) is 11.2 Å². The first-order valence-corrected chi connectivity index (χ1v) is 17.4. The monoisotopic (exact) mass is 643 g/mol. The molecule has 0 aliphatic carbocycles. The first-order chi connectivity index (χ1) is 24.3. The Balaban J connectivity index is 1.14. The molecule has 0 radical (unpaired) electrons. The van der Waals surface area contributed by atoms with Crippen LogP contribution in [0.5, 0.6) is 0 Å². The van der Waals surface area contributed by atoms with Crippen molar-refractivity contribution in [2.45, 2.75) is 0 Å². The predicted molar refractivity (Wildman–Crippen MR) is 210 cm³/mol. The zero-order valence-electron chi connectivity index (χ0n) is 26.5. The van der Waals surface area contributed by atoms with Crippen LogP contribution in [0, 0.1) is 0 Å². The lowest BCUT2D eigenvalue weighted by molar-refractivity contribution is 0.669. The molecule has 8 aromatic carbocycles. The van der Waals surface area contributed by atoms with Crippen molar-refractivity contribution in [1.29, 1.82) is 0 Å². The molecule has 230 valence electrons. The van der Waals surface area contributed by atoms with Crippen LogP contribution < -0.4 is 4.90 Å². The van der Waals surface area contributed by atoms with Crippen molar-refractivity contribution in [2.75, 3.05) is 4.90 Å². The highest BCUT2D eigenvalue weighted by Gasteiger charge is 2.17. The van der Waals surface area contributed by atoms with E-state index in [1.54, 1.807) is 0 Å². The first-order valence-electron chi connectivity index (χ1n) is 16.6. The van der Waals surface area contributed by atoms with E-state index in [0.29, 0.717) is 0 Å². The number of para-hydroxylation sites is 1. The maximum absolute atomic E-state index is 6.22. The van der Waals surface area contributed by atoms with E-state index >= 15 is 0 Å². The normalized spacial score (nSPS) is 11.7. The molecule has 0 saturated heterocycles. The summed E-state index contributed by atoms with van der Waals surface area (Å²) in [6, 6.07) is 63.3. The van der Waals surface area contributed by atoms with E-state index in [1.165, 1.54) is 53.2 Å². The summed E-state index contributed by atoms with van der Waals surface area (Å²) in [6.45, 7) is 0. The van der Waals surface area contributed by atoms with Gasteiger partial charge in [0.05, 0.1) is 0 Å². The fourth-order valence-corrected chi connectivity index (χ4v) is 8.43. The van der Waals surface area contributed by atoms with E-state index in [-0.39, 0.29) is 0 Å². The Kier molecular flexibility index (Phi) is 6.39. The number of hydrogen-bond acceptors (Lipinski definition) is 3. The average molecular weight is 644 g/mol. The van der Waals surface area contributed by atoms with E-state index in [9.17, 15) is 0 Å². The van der Waals surface area contributed by atoms with Gasteiger partial charge in [-0.05, 0) is 99.8 Å². The summed E-state index contributed by atoms with van der Waals surface area (Å²) in [6.07, 6.45) is 0. The third-order valence-electron chi connectivity index (χ3n) is 9.64. The van der Waals surface area contributed by atoms with Crippen LogP contribution in [-0.4, -0.2) is 0 Å². The van der Waals surface area contributed by atoms with Gasteiger partial charge in [0.15, 0.2) is 0 Å². The minimum atomic E-state index is 0.892. The van der Waals surface area contributed by atoms with Gasteiger partial charge < -0.3 is 9.32 Å². The van der Waals surface area contributed by atoms with Crippen molar-refractivity contribution >= 4 is 81.3 Å². The quantitative estimate of drug-likeness (QED) is 0.186. The van der Waals surface area contributed by atoms with Crippen LogP contribution >= 0.6 is 11.3 Å². The number of anilines is 3. The molecule has 0 aliphatic heterocycles. The Labute approximate surface area is 287 Å². The first kappa shape index (κ1) is 27.9. The maximum Gasteiger partial charge on any atom is 0.135 e. The largest absolute Gasteiger partial charge is 0.456 e. The van der Waals surface area contributed by atoms with Crippen molar-refractivity contribution in [3.05, 3.63) is 176 Å². The van der Waals surface area contributed by atoms with Gasteiger partial charge >= 0.3 is 0 Å². The molecule has 0 amide bonds. The smallest absolute Gasteiger partial charge is 0.135 e. The zero-order valence-corrected chi connectivity index (χ0v) is 27.3. The summed E-state index contributed by atoms with van der Waals surface area (Å²) in [4.78, 5) is 2.36. The summed E-state index contributed by atoms with van der Waals surface area (Å²) >= 11 is 1.86. The Morgan fingerprint density at radius 1 is 0.367 bits per heavy atom. The molecule has 0 fully saturated rings. The summed E-state index contributed by atoms with van der Waals surface area (Å²) in [5.41, 5.74) is 9.92. The van der Waals surface area contributed by atoms with Crippen LogP contribution in [0.2, 0.25) is 0 Å². The fraction of sp³-hybridized carbons (Fsp3) is 0. The van der Waals surface area contributed by atoms with Gasteiger partial charge in [-0.1, -0.05) is 109 Å². The molecule has 10 rings (SSSR count). The highest BCUT2D eigenvalue weighted by atomic mass is 32.1. The van der Waals surface area contributed by atoms with Crippen molar-refractivity contribution in [2.24, 2.45) is 0 Å². The van der Waals surface area contributed by atoms with Crippen LogP contribution in [0.4, 0.5) is 17.1 Å². The Morgan fingerprint density at radius 2 is 1.00 bits per heavy atom. The highest BCUT2D eigenvalue weighted by molar-refractivity contribution is 7.25. The zero-order chi connectivity index (χ0) is 32.3. The van der Waals surface area contributed by atoms with Gasteiger partial charge in [0.2, 0.25) is 0 Å². The third-order valence-corrected chi connectivity index (χ3v) is 10.8. The molecule has 0 bridgehead atoms. The van der Waals surface area contributed by atoms with Crippen LogP contribution in [0.25, 0.3) is 75.1 Å². The van der Waals surface area contributed by atoms with Crippen LogP contribution in [-0.2, 0) is 0 Å². The molecular formula is C46H29NOS. The lowest BCUT2D eigenvalue weighted by atomic mass is 9.94. The molecule has 3 heteroatoms. The van der Waals surface area contributed by atoms with Crippen molar-refractivity contribution in [1.82, 2.24) is 0 Å². The average Bonchev–Trinajstić information content (AvgIpc) is 3.72. The number of fused-ring (bicyclic) bond motifs is 7. The summed E-state index contributed by atoms with van der Waals surface area (Å²) < 4.78 is 8.86. The Morgan fingerprint density at radius 3 is 1.84 bits per heavy atom. The molecular weight excluding hydrogens is 615 g/mol. The van der Waals surface area contributed by atoms with Gasteiger partial charge in [-0.2, -0.15) is 0 Å². The van der Waals surface area contributed by atoms with E-state index < -0.39 is 0 Å². The second kappa shape index (κ2) is 11.2. The molecule has 2 nitrogen and oxygen atoms in total. The second-order valence-electron chi connectivity index (χ2n) is 12.6. The van der Waals surface area contributed by atoms with Crippen LogP contribution in [0.15, 0.2) is 180 Å². The van der Waals surface area contributed by atoms with E-state index in [2.05, 4.69) is 169 Å². The third kappa shape index (κ3) is 4.70. The van der Waals surface area contributed by atoms with Crippen molar-refractivity contribution in [3.63, 3.8) is 0 Å². The topological polar surface area (TPSA) is 16.4 Å². The minimum Gasteiger partial charge on any atom is -0.456 e.